The van der Waals surface area contributed by atoms with Crippen molar-refractivity contribution in [3.05, 3.63) is 16.8 Å². The quantitative estimate of drug-likeness (QED) is 0.757. The molecule has 1 aromatic rings. The first kappa shape index (κ1) is 17.9. The molecule has 0 saturated carbocycles. The molecule has 0 aromatic carbocycles. The van der Waals surface area contributed by atoms with Crippen LogP contribution in [-0.2, 0) is 19.4 Å². The summed E-state index contributed by atoms with van der Waals surface area (Å²) in [4.78, 5) is 2.40. The van der Waals surface area contributed by atoms with Gasteiger partial charge in [-0.25, -0.2) is 0 Å². The predicted octanol–water partition coefficient (Wildman–Crippen LogP) is 3.47. The Hall–Kier alpha value is -1.16. The van der Waals surface area contributed by atoms with E-state index in [-0.39, 0.29) is 0 Å². The van der Waals surface area contributed by atoms with Gasteiger partial charge in [-0.2, -0.15) is 5.10 Å². The van der Waals surface area contributed by atoms with Crippen LogP contribution >= 0.6 is 0 Å². The van der Waals surface area contributed by atoms with E-state index in [1.165, 1.54) is 24.0 Å². The van der Waals surface area contributed by atoms with E-state index in [0.29, 0.717) is 12.6 Å². The molecular formula is C17H32N4. The molecule has 0 aliphatic heterocycles. The summed E-state index contributed by atoms with van der Waals surface area (Å²) >= 11 is 0. The molecule has 2 N–H and O–H groups in total. The van der Waals surface area contributed by atoms with E-state index in [1.54, 1.807) is 0 Å². The van der Waals surface area contributed by atoms with Crippen LogP contribution in [-0.4, -0.2) is 22.8 Å². The second-order valence-electron chi connectivity index (χ2n) is 5.64. The Morgan fingerprint density at radius 1 is 1.05 bits per heavy atom. The van der Waals surface area contributed by atoms with E-state index < -0.39 is 0 Å². The highest BCUT2D eigenvalue weighted by Crippen LogP contribution is 2.26. The molecule has 0 aliphatic rings. The molecule has 1 aromatic heterocycles. The van der Waals surface area contributed by atoms with Gasteiger partial charge < -0.3 is 10.6 Å². The Bertz CT molecular complexity index is 431. The van der Waals surface area contributed by atoms with Crippen molar-refractivity contribution in [2.45, 2.75) is 79.3 Å². The lowest BCUT2D eigenvalue weighted by Gasteiger charge is -2.31. The molecule has 0 aliphatic carbocycles. The van der Waals surface area contributed by atoms with Gasteiger partial charge in [0.2, 0.25) is 0 Å². The normalized spacial score (nSPS) is 12.5. The van der Waals surface area contributed by atoms with Crippen molar-refractivity contribution in [2.24, 2.45) is 5.73 Å². The number of aromatic nitrogens is 2. The molecule has 4 nitrogen and oxygen atoms in total. The summed E-state index contributed by atoms with van der Waals surface area (Å²) in [7, 11) is 0. The summed E-state index contributed by atoms with van der Waals surface area (Å²) in [5, 5.41) is 9.02. The highest BCUT2D eigenvalue weighted by Gasteiger charge is 2.21. The Labute approximate surface area is 130 Å². The fourth-order valence-electron chi connectivity index (χ4n) is 2.77. The van der Waals surface area contributed by atoms with Crippen molar-refractivity contribution < 1.29 is 0 Å². The SMILES string of the molecule is CCCCN(c1nnc(CC)c(CC)c1CN)C(C)CC. The van der Waals surface area contributed by atoms with E-state index in [0.717, 1.165) is 37.3 Å². The third-order valence-electron chi connectivity index (χ3n) is 4.29. The first-order chi connectivity index (χ1) is 10.1. The standard InChI is InChI=1S/C17H32N4/c1-6-10-11-21(13(5)7-2)17-15(12-18)14(8-3)16(9-4)19-20-17/h13H,6-12,18H2,1-5H3. The number of rotatable bonds is 9. The lowest BCUT2D eigenvalue weighted by Crippen LogP contribution is -2.36. The average molecular weight is 292 g/mol. The van der Waals surface area contributed by atoms with Gasteiger partial charge in [-0.3, -0.25) is 0 Å². The van der Waals surface area contributed by atoms with Gasteiger partial charge in [-0.1, -0.05) is 34.1 Å². The number of unbranched alkanes of at least 4 members (excludes halogenated alkanes) is 1. The molecular weight excluding hydrogens is 260 g/mol. The molecule has 0 spiro atoms. The second-order valence-corrected chi connectivity index (χ2v) is 5.64. The smallest absolute Gasteiger partial charge is 0.156 e. The molecule has 0 bridgehead atoms. The van der Waals surface area contributed by atoms with Crippen molar-refractivity contribution in [2.75, 3.05) is 11.4 Å². The van der Waals surface area contributed by atoms with Gasteiger partial charge in [0.05, 0.1) is 5.69 Å². The second kappa shape index (κ2) is 8.98. The minimum Gasteiger partial charge on any atom is -0.352 e. The van der Waals surface area contributed by atoms with Crippen LogP contribution in [0.1, 0.15) is 70.7 Å². The van der Waals surface area contributed by atoms with Crippen LogP contribution in [0, 0.1) is 0 Å². The summed E-state index contributed by atoms with van der Waals surface area (Å²) in [5.41, 5.74) is 9.66. The lowest BCUT2D eigenvalue weighted by atomic mass is 10.0. The zero-order chi connectivity index (χ0) is 15.8. The van der Waals surface area contributed by atoms with Crippen LogP contribution in [0.5, 0.6) is 0 Å². The topological polar surface area (TPSA) is 55.0 Å². The molecule has 0 radical (unpaired) electrons. The van der Waals surface area contributed by atoms with Gasteiger partial charge in [0.1, 0.15) is 0 Å². The van der Waals surface area contributed by atoms with Crippen molar-refractivity contribution in [1.29, 1.82) is 0 Å². The molecule has 1 unspecified atom stereocenters. The van der Waals surface area contributed by atoms with Gasteiger partial charge in [-0.05, 0) is 38.2 Å². The van der Waals surface area contributed by atoms with Crippen LogP contribution in [0.4, 0.5) is 5.82 Å². The number of nitrogens with two attached hydrogens (primary N) is 1. The molecule has 1 atom stereocenters. The Balaban J connectivity index is 3.29. The molecule has 4 heteroatoms. The first-order valence-corrected chi connectivity index (χ1v) is 8.48. The zero-order valence-corrected chi connectivity index (χ0v) is 14.4. The third-order valence-corrected chi connectivity index (χ3v) is 4.29. The van der Waals surface area contributed by atoms with Crippen LogP contribution in [0.15, 0.2) is 0 Å². The summed E-state index contributed by atoms with van der Waals surface area (Å²) in [6.45, 7) is 12.6. The minimum absolute atomic E-state index is 0.466. The fourth-order valence-corrected chi connectivity index (χ4v) is 2.77. The number of hydrogen-bond acceptors (Lipinski definition) is 4. The zero-order valence-electron chi connectivity index (χ0n) is 14.4. The molecule has 1 rings (SSSR count). The van der Waals surface area contributed by atoms with Gasteiger partial charge in [0, 0.05) is 24.7 Å². The van der Waals surface area contributed by atoms with Crippen molar-refractivity contribution in [3.63, 3.8) is 0 Å². The number of hydrogen-bond donors (Lipinski definition) is 1. The van der Waals surface area contributed by atoms with Crippen LogP contribution in [0.2, 0.25) is 0 Å². The highest BCUT2D eigenvalue weighted by molar-refractivity contribution is 5.52. The van der Waals surface area contributed by atoms with Gasteiger partial charge in [0.25, 0.3) is 0 Å². The summed E-state index contributed by atoms with van der Waals surface area (Å²) in [5.74, 6) is 1.01. The van der Waals surface area contributed by atoms with Crippen LogP contribution < -0.4 is 10.6 Å². The maximum absolute atomic E-state index is 6.06. The molecule has 120 valence electrons. The Kier molecular flexibility index (Phi) is 7.65. The van der Waals surface area contributed by atoms with E-state index >= 15 is 0 Å². The fraction of sp³-hybridized carbons (Fsp3) is 0.765. The number of anilines is 1. The van der Waals surface area contributed by atoms with Gasteiger partial charge in [-0.15, -0.1) is 5.10 Å². The van der Waals surface area contributed by atoms with E-state index in [1.807, 2.05) is 0 Å². The van der Waals surface area contributed by atoms with Crippen LogP contribution in [0.25, 0.3) is 0 Å². The summed E-state index contributed by atoms with van der Waals surface area (Å²) in [6, 6.07) is 0.466. The molecule has 0 saturated heterocycles. The van der Waals surface area contributed by atoms with E-state index in [2.05, 4.69) is 49.7 Å². The first-order valence-electron chi connectivity index (χ1n) is 8.48. The van der Waals surface area contributed by atoms with Gasteiger partial charge >= 0.3 is 0 Å². The van der Waals surface area contributed by atoms with Crippen molar-refractivity contribution >= 4 is 5.82 Å². The number of aryl methyl sites for hydroxylation is 1. The minimum atomic E-state index is 0.466. The maximum atomic E-state index is 6.06. The van der Waals surface area contributed by atoms with Crippen LogP contribution in [0.3, 0.4) is 0 Å². The van der Waals surface area contributed by atoms with Gasteiger partial charge in [0.15, 0.2) is 5.82 Å². The van der Waals surface area contributed by atoms with Crippen molar-refractivity contribution in [1.82, 2.24) is 10.2 Å². The highest BCUT2D eigenvalue weighted by atomic mass is 15.3. The van der Waals surface area contributed by atoms with E-state index in [4.69, 9.17) is 5.73 Å². The maximum Gasteiger partial charge on any atom is 0.156 e. The van der Waals surface area contributed by atoms with E-state index in [9.17, 15) is 0 Å². The average Bonchev–Trinajstić information content (AvgIpc) is 2.53. The Morgan fingerprint density at radius 2 is 1.76 bits per heavy atom. The number of nitrogens with zero attached hydrogens (tertiary/aromatic N) is 3. The van der Waals surface area contributed by atoms with Crippen molar-refractivity contribution in [3.8, 4) is 0 Å². The summed E-state index contributed by atoms with van der Waals surface area (Å²) < 4.78 is 0. The molecule has 21 heavy (non-hydrogen) atoms. The third kappa shape index (κ3) is 4.16. The predicted molar refractivity (Wildman–Crippen MR) is 90.7 cm³/mol. The largest absolute Gasteiger partial charge is 0.352 e. The molecule has 0 fully saturated rings. The Morgan fingerprint density at radius 3 is 2.24 bits per heavy atom. The summed E-state index contributed by atoms with van der Waals surface area (Å²) in [6.07, 6.45) is 5.35. The lowest BCUT2D eigenvalue weighted by molar-refractivity contribution is 0.581. The molecule has 1 heterocycles. The monoisotopic (exact) mass is 292 g/mol. The molecule has 0 amide bonds.